The van der Waals surface area contributed by atoms with Crippen molar-refractivity contribution in [2.45, 2.75) is 57.9 Å². The fraction of sp³-hybridized carbons (Fsp3) is 0.234. The lowest BCUT2D eigenvalue weighted by atomic mass is 9.92. The zero-order valence-electron chi connectivity index (χ0n) is 67.0. The molecule has 3 unspecified atom stereocenters. The molecule has 3 saturated heterocycles. The summed E-state index contributed by atoms with van der Waals surface area (Å²) in [5.74, 6) is 1.99. The van der Waals surface area contributed by atoms with Gasteiger partial charge in [-0.2, -0.15) is 15.8 Å². The van der Waals surface area contributed by atoms with E-state index in [9.17, 15) is 14.4 Å². The standard InChI is InChI=1S/C32H30ClN7O.2C31H28ClN7O/c1-2-29-35-12-13-40(29)21-24-18-23-4-3-11-36-30(23)31(27-10-7-25(33)19-28(24)27)38-14-16-39(17-15-38)32(41)37-26-8-5-22(20-34)6-9-26;1-37-20-34-19-26(37)16-23-15-22-3-2-10-35-29(22)30(27-9-6-24(32)17-28(23)27)38-11-13-39(14-12-38)31(40)36-25-7-4-21(18-33)5-8-25;1-21-34-11-12-39(21)20-24-17-23-3-2-10-35-29(23)30(27-9-6-25(32)18-28(24)27)37-13-15-38(16-14-37)31(40)36-26-7-4-22(19-33)5-8-26/h3-13,18-19,31H,2,14-17,21H2,1H3,(H,37,41);2-10,15,17,19-20,30H,11-14,16H2,1H3,(H,36,40);2-12,17-18,30H,13-16,20H2,1H3,(H,36,40). The van der Waals surface area contributed by atoms with Gasteiger partial charge in [0, 0.05) is 199 Å². The summed E-state index contributed by atoms with van der Waals surface area (Å²) in [7, 11) is 2.01. The summed E-state index contributed by atoms with van der Waals surface area (Å²) in [6.45, 7) is 13.1. The van der Waals surface area contributed by atoms with E-state index >= 15 is 0 Å². The van der Waals surface area contributed by atoms with Crippen molar-refractivity contribution in [3.8, 4) is 18.2 Å². The highest BCUT2D eigenvalue weighted by molar-refractivity contribution is 6.31. The Morgan fingerprint density at radius 3 is 1.14 bits per heavy atom. The van der Waals surface area contributed by atoms with Gasteiger partial charge in [-0.05, 0) is 219 Å². The van der Waals surface area contributed by atoms with Crippen LogP contribution in [-0.4, -0.2) is 170 Å². The average Bonchev–Trinajstić information content (AvgIpc) is 1.66. The molecular formula is C94H86Cl3N21O3. The molecule has 9 heterocycles. The van der Waals surface area contributed by atoms with Crippen molar-refractivity contribution in [1.82, 2.24) is 73.0 Å². The number of aryl methyl sites for hydroxylation is 3. The molecule has 12 aromatic rings. The Labute approximate surface area is 717 Å². The molecule has 606 valence electrons. The lowest BCUT2D eigenvalue weighted by Crippen LogP contribution is -2.51. The van der Waals surface area contributed by atoms with Gasteiger partial charge in [-0.3, -0.25) is 29.7 Å². The van der Waals surface area contributed by atoms with Crippen molar-refractivity contribution in [1.29, 1.82) is 15.8 Å². The molecule has 6 aromatic carbocycles. The van der Waals surface area contributed by atoms with E-state index in [1.807, 2.05) is 126 Å². The van der Waals surface area contributed by atoms with E-state index < -0.39 is 0 Å². The smallest absolute Gasteiger partial charge is 0.321 e. The number of piperazine rings is 3. The van der Waals surface area contributed by atoms with Gasteiger partial charge in [0.05, 0.1) is 76.4 Å². The number of carbonyl (C=O) groups excluding carboxylic acids is 3. The van der Waals surface area contributed by atoms with Gasteiger partial charge in [-0.25, -0.2) is 29.3 Å². The van der Waals surface area contributed by atoms with Crippen LogP contribution in [0.5, 0.6) is 0 Å². The Hall–Kier alpha value is -13.4. The second kappa shape index (κ2) is 36.9. The number of halogens is 3. The number of hydrogen-bond acceptors (Lipinski definition) is 15. The van der Waals surface area contributed by atoms with Gasteiger partial charge in [0.1, 0.15) is 11.6 Å². The number of urea groups is 3. The van der Waals surface area contributed by atoms with Crippen molar-refractivity contribution >= 4 is 105 Å². The van der Waals surface area contributed by atoms with Crippen LogP contribution in [0.3, 0.4) is 0 Å². The number of anilines is 3. The van der Waals surface area contributed by atoms with Gasteiger partial charge in [-0.1, -0.05) is 78.1 Å². The largest absolute Gasteiger partial charge is 0.337 e. The number of nitrogens with zero attached hydrogens (tertiary/aromatic N) is 18. The molecule has 0 spiro atoms. The molecule has 3 atom stereocenters. The summed E-state index contributed by atoms with van der Waals surface area (Å²) in [6, 6.07) is 57.0. The number of amides is 6. The summed E-state index contributed by atoms with van der Waals surface area (Å²) >= 11 is 19.7. The first-order valence-electron chi connectivity index (χ1n) is 40.2. The Kier molecular flexibility index (Phi) is 24.8. The van der Waals surface area contributed by atoms with Crippen LogP contribution in [0.25, 0.3) is 34.9 Å². The normalized spacial score (nSPS) is 16.7. The molecule has 18 rings (SSSR count). The Morgan fingerprint density at radius 1 is 0.438 bits per heavy atom. The van der Waals surface area contributed by atoms with E-state index in [0.29, 0.717) is 147 Å². The number of nitriles is 3. The predicted molar refractivity (Wildman–Crippen MR) is 472 cm³/mol. The zero-order valence-corrected chi connectivity index (χ0v) is 69.2. The van der Waals surface area contributed by atoms with Crippen LogP contribution in [0.2, 0.25) is 15.1 Å². The lowest BCUT2D eigenvalue weighted by Gasteiger charge is -2.39. The third kappa shape index (κ3) is 18.3. The quantitative estimate of drug-likeness (QED) is 0.0968. The van der Waals surface area contributed by atoms with Gasteiger partial charge in [0.15, 0.2) is 0 Å². The number of aromatic nitrogens is 9. The first-order chi connectivity index (χ1) is 59.0. The molecule has 3 fully saturated rings. The van der Waals surface area contributed by atoms with Gasteiger partial charge >= 0.3 is 18.1 Å². The summed E-state index contributed by atoms with van der Waals surface area (Å²) in [6.07, 6.45) is 25.2. The molecule has 3 N–H and O–H groups in total. The molecule has 3 aliphatic carbocycles. The van der Waals surface area contributed by atoms with Crippen molar-refractivity contribution < 1.29 is 14.4 Å². The lowest BCUT2D eigenvalue weighted by molar-refractivity contribution is 0.125. The molecule has 121 heavy (non-hydrogen) atoms. The van der Waals surface area contributed by atoms with E-state index in [4.69, 9.17) is 65.5 Å². The molecule has 0 saturated carbocycles. The summed E-state index contributed by atoms with van der Waals surface area (Å²) < 4.78 is 6.37. The molecule has 6 aromatic heterocycles. The van der Waals surface area contributed by atoms with Crippen LogP contribution >= 0.6 is 34.8 Å². The third-order valence-electron chi connectivity index (χ3n) is 23.1. The highest BCUT2D eigenvalue weighted by Crippen LogP contribution is 2.45. The van der Waals surface area contributed by atoms with Crippen LogP contribution in [0.15, 0.2) is 220 Å². The highest BCUT2D eigenvalue weighted by atomic mass is 35.5. The topological polar surface area (TPSA) is 270 Å². The number of imidazole rings is 3. The number of pyridine rings is 3. The number of carbonyl (C=O) groups is 3. The Bertz CT molecular complexity index is 5820. The number of nitrogens with one attached hydrogen (secondary N) is 3. The second-order valence-corrected chi connectivity index (χ2v) is 31.7. The fourth-order valence-electron chi connectivity index (χ4n) is 16.8. The van der Waals surface area contributed by atoms with E-state index in [-0.39, 0.29) is 36.2 Å². The van der Waals surface area contributed by atoms with E-state index in [1.54, 1.807) is 72.8 Å². The minimum atomic E-state index is -0.143. The van der Waals surface area contributed by atoms with E-state index in [0.717, 1.165) is 102 Å². The summed E-state index contributed by atoms with van der Waals surface area (Å²) in [4.78, 5) is 79.7. The van der Waals surface area contributed by atoms with E-state index in [1.165, 1.54) is 5.57 Å². The maximum absolute atomic E-state index is 13.0. The van der Waals surface area contributed by atoms with Gasteiger partial charge in [-0.15, -0.1) is 0 Å². The number of allylic oxidation sites excluding steroid dienone is 3. The molecule has 24 nitrogen and oxygen atoms in total. The van der Waals surface area contributed by atoms with Crippen molar-refractivity contribution in [3.63, 3.8) is 0 Å². The molecule has 6 aliphatic rings. The Morgan fingerprint density at radius 2 is 0.793 bits per heavy atom. The number of hydrogen-bond donors (Lipinski definition) is 3. The third-order valence-corrected chi connectivity index (χ3v) is 23.8. The van der Waals surface area contributed by atoms with Gasteiger partial charge in [0.25, 0.3) is 0 Å². The number of fused-ring (bicyclic) bond motifs is 6. The van der Waals surface area contributed by atoms with Crippen LogP contribution in [0, 0.1) is 40.9 Å². The first-order valence-corrected chi connectivity index (χ1v) is 41.4. The minimum absolute atomic E-state index is 0.0764. The second-order valence-electron chi connectivity index (χ2n) is 30.4. The minimum Gasteiger partial charge on any atom is -0.337 e. The fourth-order valence-corrected chi connectivity index (χ4v) is 17.3. The highest BCUT2D eigenvalue weighted by Gasteiger charge is 2.38. The maximum Gasteiger partial charge on any atom is 0.321 e. The van der Waals surface area contributed by atoms with Crippen LogP contribution in [0.4, 0.5) is 31.4 Å². The van der Waals surface area contributed by atoms with Crippen LogP contribution in [-0.2, 0) is 33.0 Å². The molecule has 27 heteroatoms. The van der Waals surface area contributed by atoms with Crippen molar-refractivity contribution in [2.24, 2.45) is 7.05 Å². The van der Waals surface area contributed by atoms with Gasteiger partial charge in [0.2, 0.25) is 0 Å². The molecule has 6 amide bonds. The average molecular weight is 1660 g/mol. The maximum atomic E-state index is 13.0. The molecule has 0 bridgehead atoms. The summed E-state index contributed by atoms with van der Waals surface area (Å²) in [5.41, 5.74) is 21.3. The van der Waals surface area contributed by atoms with Gasteiger partial charge < -0.3 is 44.4 Å². The van der Waals surface area contributed by atoms with Crippen LogP contribution < -0.4 is 16.0 Å². The molecular weight excluding hydrogens is 1580 g/mol. The molecule has 0 radical (unpaired) electrons. The van der Waals surface area contributed by atoms with E-state index in [2.05, 4.69) is 153 Å². The summed E-state index contributed by atoms with van der Waals surface area (Å²) in [5, 5.41) is 38.0. The SMILES string of the molecule is CCc1nccn1CC1=Cc2cccnc2C(N2CCN(C(=O)Nc3ccc(C#N)cc3)CC2)c2ccc(Cl)cc21.Cc1nccn1CC1=Cc2cccnc2C(N2CCN(C(=O)Nc3ccc(C#N)cc3)CC2)c2ccc(Cl)cc21.Cn1cncc1CC1=Cc2cccnc2C(N2CCN(C(=O)Nc3ccc(C#N)cc3)CC2)c2ccc(Cl)cc21. The zero-order chi connectivity index (χ0) is 83.6. The molecule has 3 aliphatic heterocycles. The Balaban J connectivity index is 0.000000135. The van der Waals surface area contributed by atoms with Crippen molar-refractivity contribution in [2.75, 3.05) is 94.5 Å². The first kappa shape index (κ1) is 81.4. The van der Waals surface area contributed by atoms with Crippen LogP contribution in [0.1, 0.15) is 126 Å². The van der Waals surface area contributed by atoms with Crippen molar-refractivity contribution in [3.05, 3.63) is 336 Å². The monoisotopic (exact) mass is 1660 g/mol. The predicted octanol–water partition coefficient (Wildman–Crippen LogP) is 16.8. The number of rotatable bonds is 13. The number of benzene rings is 6.